The van der Waals surface area contributed by atoms with Crippen LogP contribution in [0.1, 0.15) is 5.69 Å². The number of Topliss-reactive ketones (excluding diaryl/α,β-unsaturated/α-hetero) is 1. The lowest BCUT2D eigenvalue weighted by molar-refractivity contribution is -0.120. The van der Waals surface area contributed by atoms with Gasteiger partial charge < -0.3 is 5.32 Å². The van der Waals surface area contributed by atoms with Gasteiger partial charge >= 0.3 is 0 Å². The van der Waals surface area contributed by atoms with E-state index in [1.165, 1.54) is 0 Å². The number of hydrogen-bond donors (Lipinski definition) is 1. The lowest BCUT2D eigenvalue weighted by atomic mass is 10.1. The molecule has 0 radical (unpaired) electrons. The zero-order chi connectivity index (χ0) is 13.1. The number of hydrogen-bond acceptors (Lipinski definition) is 4. The van der Waals surface area contributed by atoms with E-state index in [-0.39, 0.29) is 11.8 Å². The molecule has 3 nitrogen and oxygen atoms in total. The SMILES string of the molecule is O=C(Cc1ccc2ccccc2n1)C1CSCCN1. The monoisotopic (exact) mass is 272 g/mol. The van der Waals surface area contributed by atoms with Crippen molar-refractivity contribution in [2.24, 2.45) is 0 Å². The number of benzene rings is 1. The largest absolute Gasteiger partial charge is 0.306 e. The Bertz CT molecular complexity index is 593. The molecular weight excluding hydrogens is 256 g/mol. The quantitative estimate of drug-likeness (QED) is 0.928. The van der Waals surface area contributed by atoms with Crippen LogP contribution in [0, 0.1) is 0 Å². The topological polar surface area (TPSA) is 42.0 Å². The summed E-state index contributed by atoms with van der Waals surface area (Å²) < 4.78 is 0. The van der Waals surface area contributed by atoms with Crippen LogP contribution in [0.2, 0.25) is 0 Å². The van der Waals surface area contributed by atoms with E-state index in [0.717, 1.165) is 34.6 Å². The minimum atomic E-state index is -0.00739. The molecule has 0 spiro atoms. The molecule has 0 bridgehead atoms. The van der Waals surface area contributed by atoms with Gasteiger partial charge in [0.2, 0.25) is 0 Å². The molecule has 1 unspecified atom stereocenters. The third-order valence-electron chi connectivity index (χ3n) is 3.32. The summed E-state index contributed by atoms with van der Waals surface area (Å²) >= 11 is 1.84. The predicted octanol–water partition coefficient (Wildman–Crippen LogP) is 2.05. The van der Waals surface area contributed by atoms with Crippen LogP contribution in [-0.4, -0.2) is 34.9 Å². The van der Waals surface area contributed by atoms with Crippen LogP contribution >= 0.6 is 11.8 Å². The molecule has 1 N–H and O–H groups in total. The fourth-order valence-electron chi connectivity index (χ4n) is 2.28. The van der Waals surface area contributed by atoms with Crippen LogP contribution in [-0.2, 0) is 11.2 Å². The molecular formula is C15H16N2OS. The lowest BCUT2D eigenvalue weighted by Gasteiger charge is -2.21. The molecule has 2 heterocycles. The maximum absolute atomic E-state index is 12.2. The molecule has 4 heteroatoms. The number of nitrogens with zero attached hydrogens (tertiary/aromatic N) is 1. The standard InChI is InChI=1S/C15H16N2OS/c18-15(14-10-19-8-7-16-14)9-12-6-5-11-3-1-2-4-13(11)17-12/h1-6,14,16H,7-10H2. The van der Waals surface area contributed by atoms with E-state index in [4.69, 9.17) is 0 Å². The molecule has 1 aromatic carbocycles. The van der Waals surface area contributed by atoms with E-state index in [2.05, 4.69) is 10.3 Å². The Balaban J connectivity index is 1.75. The summed E-state index contributed by atoms with van der Waals surface area (Å²) in [6.07, 6.45) is 0.420. The summed E-state index contributed by atoms with van der Waals surface area (Å²) in [6.45, 7) is 0.923. The van der Waals surface area contributed by atoms with Crippen molar-refractivity contribution in [2.75, 3.05) is 18.1 Å². The van der Waals surface area contributed by atoms with Crippen LogP contribution in [0.5, 0.6) is 0 Å². The van der Waals surface area contributed by atoms with E-state index in [1.807, 2.05) is 48.2 Å². The molecule has 0 amide bonds. The molecule has 98 valence electrons. The van der Waals surface area contributed by atoms with Crippen molar-refractivity contribution in [1.29, 1.82) is 0 Å². The van der Waals surface area contributed by atoms with Crippen molar-refractivity contribution >= 4 is 28.4 Å². The number of ketones is 1. The van der Waals surface area contributed by atoms with Gasteiger partial charge in [-0.15, -0.1) is 0 Å². The van der Waals surface area contributed by atoms with Crippen LogP contribution in [0.25, 0.3) is 10.9 Å². The predicted molar refractivity (Wildman–Crippen MR) is 79.6 cm³/mol. The number of thioether (sulfide) groups is 1. The van der Waals surface area contributed by atoms with Crippen molar-refractivity contribution in [2.45, 2.75) is 12.5 Å². The number of pyridine rings is 1. The van der Waals surface area contributed by atoms with Gasteiger partial charge in [-0.1, -0.05) is 24.3 Å². The van der Waals surface area contributed by atoms with Gasteiger partial charge in [-0.25, -0.2) is 0 Å². The number of para-hydroxylation sites is 1. The molecule has 3 rings (SSSR count). The summed E-state index contributed by atoms with van der Waals surface area (Å²) in [5.74, 6) is 2.22. The first-order valence-electron chi connectivity index (χ1n) is 6.51. The Kier molecular flexibility index (Phi) is 3.80. The molecule has 19 heavy (non-hydrogen) atoms. The maximum Gasteiger partial charge on any atom is 0.156 e. The highest BCUT2D eigenvalue weighted by Gasteiger charge is 2.21. The molecule has 1 aromatic heterocycles. The van der Waals surface area contributed by atoms with Crippen LogP contribution < -0.4 is 5.32 Å². The van der Waals surface area contributed by atoms with Crippen LogP contribution in [0.3, 0.4) is 0 Å². The number of carbonyl (C=O) groups excluding carboxylic acids is 1. The van der Waals surface area contributed by atoms with Gasteiger partial charge in [-0.2, -0.15) is 11.8 Å². The van der Waals surface area contributed by atoms with Crippen molar-refractivity contribution in [3.63, 3.8) is 0 Å². The van der Waals surface area contributed by atoms with Crippen LogP contribution in [0.4, 0.5) is 0 Å². The van der Waals surface area contributed by atoms with E-state index < -0.39 is 0 Å². The zero-order valence-electron chi connectivity index (χ0n) is 10.6. The fourth-order valence-corrected chi connectivity index (χ4v) is 3.25. The Morgan fingerprint density at radius 3 is 3.05 bits per heavy atom. The van der Waals surface area contributed by atoms with Crippen molar-refractivity contribution < 1.29 is 4.79 Å². The second-order valence-electron chi connectivity index (χ2n) is 4.72. The summed E-state index contributed by atoms with van der Waals surface area (Å²) in [5.41, 5.74) is 1.82. The maximum atomic E-state index is 12.2. The smallest absolute Gasteiger partial charge is 0.156 e. The highest BCUT2D eigenvalue weighted by Crippen LogP contribution is 2.14. The van der Waals surface area contributed by atoms with Gasteiger partial charge in [-0.05, 0) is 12.1 Å². The summed E-state index contributed by atoms with van der Waals surface area (Å²) in [5, 5.41) is 4.39. The van der Waals surface area contributed by atoms with Gasteiger partial charge in [0.05, 0.1) is 18.0 Å². The normalized spacial score (nSPS) is 19.5. The molecule has 1 saturated heterocycles. The third kappa shape index (κ3) is 2.96. The minimum absolute atomic E-state index is 0.00739. The second-order valence-corrected chi connectivity index (χ2v) is 5.87. The number of carbonyl (C=O) groups is 1. The van der Waals surface area contributed by atoms with Gasteiger partial charge in [0, 0.05) is 29.1 Å². The van der Waals surface area contributed by atoms with Gasteiger partial charge in [0.15, 0.2) is 5.78 Å². The van der Waals surface area contributed by atoms with E-state index in [9.17, 15) is 4.79 Å². The Morgan fingerprint density at radius 1 is 1.32 bits per heavy atom. The summed E-state index contributed by atoms with van der Waals surface area (Å²) in [7, 11) is 0. The first-order chi connectivity index (χ1) is 9.33. The molecule has 0 saturated carbocycles. The molecule has 1 fully saturated rings. The first kappa shape index (κ1) is 12.6. The molecule has 2 aromatic rings. The highest BCUT2D eigenvalue weighted by molar-refractivity contribution is 7.99. The summed E-state index contributed by atoms with van der Waals surface area (Å²) in [4.78, 5) is 16.7. The molecule has 1 atom stereocenters. The molecule has 1 aliphatic heterocycles. The minimum Gasteiger partial charge on any atom is -0.306 e. The Hall–Kier alpha value is -1.39. The Morgan fingerprint density at radius 2 is 2.21 bits per heavy atom. The average molecular weight is 272 g/mol. The van der Waals surface area contributed by atoms with Crippen LogP contribution in [0.15, 0.2) is 36.4 Å². The van der Waals surface area contributed by atoms with Gasteiger partial charge in [-0.3, -0.25) is 9.78 Å². The van der Waals surface area contributed by atoms with Crippen molar-refractivity contribution in [3.05, 3.63) is 42.1 Å². The Labute approximate surface area is 116 Å². The van der Waals surface area contributed by atoms with Gasteiger partial charge in [0.1, 0.15) is 0 Å². The third-order valence-corrected chi connectivity index (χ3v) is 4.38. The number of fused-ring (bicyclic) bond motifs is 1. The number of nitrogens with one attached hydrogen (secondary N) is 1. The number of rotatable bonds is 3. The molecule has 0 aliphatic carbocycles. The molecule has 1 aliphatic rings. The van der Waals surface area contributed by atoms with Crippen molar-refractivity contribution in [3.8, 4) is 0 Å². The fraction of sp³-hybridized carbons (Fsp3) is 0.333. The number of aromatic nitrogens is 1. The van der Waals surface area contributed by atoms with Gasteiger partial charge in [0.25, 0.3) is 0 Å². The highest BCUT2D eigenvalue weighted by atomic mass is 32.2. The average Bonchev–Trinajstić information content (AvgIpc) is 2.48. The lowest BCUT2D eigenvalue weighted by Crippen LogP contribution is -2.44. The van der Waals surface area contributed by atoms with E-state index in [0.29, 0.717) is 6.42 Å². The van der Waals surface area contributed by atoms with Crippen molar-refractivity contribution in [1.82, 2.24) is 10.3 Å². The first-order valence-corrected chi connectivity index (χ1v) is 7.67. The summed E-state index contributed by atoms with van der Waals surface area (Å²) in [6, 6.07) is 12.0. The second kappa shape index (κ2) is 5.72. The van der Waals surface area contributed by atoms with E-state index >= 15 is 0 Å². The van der Waals surface area contributed by atoms with E-state index in [1.54, 1.807) is 0 Å². The zero-order valence-corrected chi connectivity index (χ0v) is 11.5.